The molecule has 0 saturated carbocycles. The minimum Gasteiger partial charge on any atom is -0.497 e. The molecule has 0 aromatic heterocycles. The van der Waals surface area contributed by atoms with E-state index in [0.717, 1.165) is 0 Å². The summed E-state index contributed by atoms with van der Waals surface area (Å²) in [6.07, 6.45) is 1.32. The molecule has 0 saturated heterocycles. The maximum Gasteiger partial charge on any atom is 0.267 e. The number of methoxy groups -OCH3 is 3. The van der Waals surface area contributed by atoms with E-state index in [9.17, 15) is 10.1 Å². The highest BCUT2D eigenvalue weighted by Gasteiger charge is 2.13. The fourth-order valence-corrected chi connectivity index (χ4v) is 2.16. The molecule has 0 radical (unpaired) electrons. The minimum absolute atomic E-state index is 0.110. The molecule has 0 bridgehead atoms. The van der Waals surface area contributed by atoms with Crippen LogP contribution >= 0.6 is 0 Å². The molecule has 26 heavy (non-hydrogen) atoms. The van der Waals surface area contributed by atoms with E-state index < -0.39 is 5.91 Å². The standard InChI is InChI=1S/C19H19N3O4/c1-24-14-8-9-18(26-3)16(10-14)22-19(23)13(11-20)12-21-15-6-4-5-7-17(15)25-2/h4-10,12,21H,1-3H3,(H,22,23)/b13-12-. The number of hydrogen-bond acceptors (Lipinski definition) is 6. The first-order valence-electron chi connectivity index (χ1n) is 7.66. The van der Waals surface area contributed by atoms with Gasteiger partial charge in [0.05, 0.1) is 32.7 Å². The molecule has 7 nitrogen and oxygen atoms in total. The third-order valence-electron chi connectivity index (χ3n) is 3.50. The maximum atomic E-state index is 12.4. The Balaban J connectivity index is 2.20. The summed E-state index contributed by atoms with van der Waals surface area (Å²) in [5, 5.41) is 14.9. The van der Waals surface area contributed by atoms with Crippen LogP contribution in [-0.4, -0.2) is 27.2 Å². The van der Waals surface area contributed by atoms with Crippen LogP contribution in [0.4, 0.5) is 11.4 Å². The van der Waals surface area contributed by atoms with E-state index in [1.807, 2.05) is 18.2 Å². The molecule has 0 heterocycles. The lowest BCUT2D eigenvalue weighted by atomic mass is 10.2. The van der Waals surface area contributed by atoms with Crippen LogP contribution < -0.4 is 24.8 Å². The van der Waals surface area contributed by atoms with Crippen molar-refractivity contribution in [2.75, 3.05) is 32.0 Å². The van der Waals surface area contributed by atoms with Gasteiger partial charge >= 0.3 is 0 Å². The van der Waals surface area contributed by atoms with Crippen molar-refractivity contribution in [1.82, 2.24) is 0 Å². The average molecular weight is 353 g/mol. The van der Waals surface area contributed by atoms with E-state index in [1.54, 1.807) is 30.3 Å². The highest BCUT2D eigenvalue weighted by molar-refractivity contribution is 6.07. The molecule has 0 unspecified atom stereocenters. The quantitative estimate of drug-likeness (QED) is 0.587. The zero-order valence-corrected chi connectivity index (χ0v) is 14.7. The third-order valence-corrected chi connectivity index (χ3v) is 3.50. The number of para-hydroxylation sites is 2. The summed E-state index contributed by atoms with van der Waals surface area (Å²) in [6.45, 7) is 0. The number of rotatable bonds is 7. The Morgan fingerprint density at radius 2 is 1.69 bits per heavy atom. The van der Waals surface area contributed by atoms with E-state index in [4.69, 9.17) is 14.2 Å². The molecular weight excluding hydrogens is 334 g/mol. The topological polar surface area (TPSA) is 92.6 Å². The van der Waals surface area contributed by atoms with Gasteiger partial charge in [-0.05, 0) is 24.3 Å². The molecule has 0 spiro atoms. The van der Waals surface area contributed by atoms with Crippen LogP contribution in [0.5, 0.6) is 17.2 Å². The Hall–Kier alpha value is -3.66. The summed E-state index contributed by atoms with van der Waals surface area (Å²) >= 11 is 0. The lowest BCUT2D eigenvalue weighted by Gasteiger charge is -2.12. The zero-order valence-electron chi connectivity index (χ0n) is 14.7. The van der Waals surface area contributed by atoms with Crippen molar-refractivity contribution in [2.24, 2.45) is 0 Å². The minimum atomic E-state index is -0.582. The number of carbonyl (C=O) groups excluding carboxylic acids is 1. The van der Waals surface area contributed by atoms with Crippen LogP contribution in [0.15, 0.2) is 54.2 Å². The van der Waals surface area contributed by atoms with E-state index in [-0.39, 0.29) is 5.57 Å². The van der Waals surface area contributed by atoms with Crippen LogP contribution in [0.3, 0.4) is 0 Å². The van der Waals surface area contributed by atoms with Crippen LogP contribution in [0.1, 0.15) is 0 Å². The van der Waals surface area contributed by atoms with Gasteiger partial charge in [0.2, 0.25) is 0 Å². The Bertz CT molecular complexity index is 856. The number of nitrogens with zero attached hydrogens (tertiary/aromatic N) is 1. The third kappa shape index (κ3) is 4.45. The van der Waals surface area contributed by atoms with Crippen molar-refractivity contribution in [1.29, 1.82) is 5.26 Å². The number of carbonyl (C=O) groups is 1. The highest BCUT2D eigenvalue weighted by Crippen LogP contribution is 2.29. The second kappa shape index (κ2) is 8.99. The van der Waals surface area contributed by atoms with Crippen LogP contribution in [0, 0.1) is 11.3 Å². The molecule has 0 aliphatic rings. The fraction of sp³-hybridized carbons (Fsp3) is 0.158. The molecule has 2 rings (SSSR count). The van der Waals surface area contributed by atoms with Crippen molar-refractivity contribution in [3.63, 3.8) is 0 Å². The maximum absolute atomic E-state index is 12.4. The number of nitriles is 1. The van der Waals surface area contributed by atoms with Gasteiger partial charge in [-0.15, -0.1) is 0 Å². The summed E-state index contributed by atoms with van der Waals surface area (Å²) in [5.74, 6) is 1.02. The number of anilines is 2. The Morgan fingerprint density at radius 1 is 1.00 bits per heavy atom. The summed E-state index contributed by atoms with van der Waals surface area (Å²) in [7, 11) is 4.55. The van der Waals surface area contributed by atoms with Gasteiger partial charge in [0.1, 0.15) is 28.9 Å². The number of benzene rings is 2. The molecule has 0 aliphatic heterocycles. The van der Waals surface area contributed by atoms with Crippen molar-refractivity contribution in [3.8, 4) is 23.3 Å². The normalized spacial score (nSPS) is 10.5. The molecule has 1 amide bonds. The van der Waals surface area contributed by atoms with Gasteiger partial charge in [-0.1, -0.05) is 12.1 Å². The number of amides is 1. The number of nitrogens with one attached hydrogen (secondary N) is 2. The summed E-state index contributed by atoms with van der Waals surface area (Å²) in [6, 6.07) is 14.0. The summed E-state index contributed by atoms with van der Waals surface area (Å²) in [4.78, 5) is 12.4. The van der Waals surface area contributed by atoms with Gasteiger partial charge in [0.15, 0.2) is 0 Å². The SMILES string of the molecule is COc1ccc(OC)c(NC(=O)/C(C#N)=C\Nc2ccccc2OC)c1. The monoisotopic (exact) mass is 353 g/mol. The first-order chi connectivity index (χ1) is 12.6. The van der Waals surface area contributed by atoms with E-state index in [0.29, 0.717) is 28.6 Å². The summed E-state index contributed by atoms with van der Waals surface area (Å²) < 4.78 is 15.6. The zero-order chi connectivity index (χ0) is 18.9. The Morgan fingerprint density at radius 3 is 2.35 bits per heavy atom. The van der Waals surface area contributed by atoms with Crippen molar-refractivity contribution >= 4 is 17.3 Å². The number of hydrogen-bond donors (Lipinski definition) is 2. The van der Waals surface area contributed by atoms with Crippen molar-refractivity contribution in [2.45, 2.75) is 0 Å². The first kappa shape index (κ1) is 18.7. The van der Waals surface area contributed by atoms with Gasteiger partial charge in [0, 0.05) is 12.3 Å². The predicted molar refractivity (Wildman–Crippen MR) is 98.5 cm³/mol. The van der Waals surface area contributed by atoms with Gasteiger partial charge in [0.25, 0.3) is 5.91 Å². The van der Waals surface area contributed by atoms with Crippen molar-refractivity contribution in [3.05, 3.63) is 54.2 Å². The summed E-state index contributed by atoms with van der Waals surface area (Å²) in [5.41, 5.74) is 0.922. The van der Waals surface area contributed by atoms with Gasteiger partial charge < -0.3 is 24.8 Å². The van der Waals surface area contributed by atoms with Crippen LogP contribution in [0.2, 0.25) is 0 Å². The molecule has 0 aliphatic carbocycles. The van der Waals surface area contributed by atoms with E-state index in [1.165, 1.54) is 27.5 Å². The molecule has 2 aromatic rings. The molecule has 7 heteroatoms. The fourth-order valence-electron chi connectivity index (χ4n) is 2.16. The first-order valence-corrected chi connectivity index (χ1v) is 7.66. The second-order valence-electron chi connectivity index (χ2n) is 5.03. The largest absolute Gasteiger partial charge is 0.497 e. The molecule has 0 fully saturated rings. The van der Waals surface area contributed by atoms with E-state index in [2.05, 4.69) is 10.6 Å². The molecule has 134 valence electrons. The second-order valence-corrected chi connectivity index (χ2v) is 5.03. The van der Waals surface area contributed by atoms with Gasteiger partial charge in [-0.25, -0.2) is 0 Å². The Labute approximate surface area is 151 Å². The van der Waals surface area contributed by atoms with Crippen LogP contribution in [-0.2, 0) is 4.79 Å². The van der Waals surface area contributed by atoms with E-state index >= 15 is 0 Å². The predicted octanol–water partition coefficient (Wildman–Crippen LogP) is 3.17. The molecule has 2 aromatic carbocycles. The smallest absolute Gasteiger partial charge is 0.267 e. The molecular formula is C19H19N3O4. The molecule has 2 N–H and O–H groups in total. The lowest BCUT2D eigenvalue weighted by molar-refractivity contribution is -0.112. The van der Waals surface area contributed by atoms with Gasteiger partial charge in [-0.3, -0.25) is 4.79 Å². The Kier molecular flexibility index (Phi) is 6.46. The number of ether oxygens (including phenoxy) is 3. The van der Waals surface area contributed by atoms with Crippen LogP contribution in [0.25, 0.3) is 0 Å². The van der Waals surface area contributed by atoms with Crippen molar-refractivity contribution < 1.29 is 19.0 Å². The lowest BCUT2D eigenvalue weighted by Crippen LogP contribution is -2.15. The highest BCUT2D eigenvalue weighted by atomic mass is 16.5. The van der Waals surface area contributed by atoms with Gasteiger partial charge in [-0.2, -0.15) is 5.26 Å². The molecule has 0 atom stereocenters. The average Bonchev–Trinajstić information content (AvgIpc) is 2.68.